The number of hydrogen-bond acceptors (Lipinski definition) is 6. The summed E-state index contributed by atoms with van der Waals surface area (Å²) >= 11 is 6.25. The number of rotatable bonds is 6. The number of nitro benzene ring substituents is 1. The molecule has 35 heavy (non-hydrogen) atoms. The summed E-state index contributed by atoms with van der Waals surface area (Å²) in [5.74, 6) is -0.0836. The first kappa shape index (κ1) is 24.4. The fourth-order valence-corrected chi connectivity index (χ4v) is 4.55. The van der Waals surface area contributed by atoms with Gasteiger partial charge in [-0.2, -0.15) is 13.2 Å². The van der Waals surface area contributed by atoms with Crippen LogP contribution in [0.2, 0.25) is 0 Å². The van der Waals surface area contributed by atoms with E-state index in [1.54, 1.807) is 42.5 Å². The summed E-state index contributed by atoms with van der Waals surface area (Å²) in [6.45, 7) is 0.133. The number of alkyl halides is 3. The Morgan fingerprint density at radius 1 is 1.06 bits per heavy atom. The van der Waals surface area contributed by atoms with E-state index in [0.717, 1.165) is 28.8 Å². The highest BCUT2D eigenvalue weighted by molar-refractivity contribution is 8.27. The van der Waals surface area contributed by atoms with E-state index in [-0.39, 0.29) is 27.2 Å². The normalized spacial score (nSPS) is 15.1. The van der Waals surface area contributed by atoms with Crippen LogP contribution in [0, 0.1) is 10.1 Å². The summed E-state index contributed by atoms with van der Waals surface area (Å²) in [5, 5.41) is 10.8. The number of carbonyl (C=O) groups is 1. The second-order valence-corrected chi connectivity index (χ2v) is 8.99. The molecular formula is C24H15F3N2O4S2. The molecule has 1 aliphatic heterocycles. The number of hydrogen-bond donors (Lipinski definition) is 0. The van der Waals surface area contributed by atoms with E-state index in [1.807, 2.05) is 0 Å². The molecule has 0 unspecified atom stereocenters. The molecule has 3 aromatic rings. The number of benzene rings is 3. The van der Waals surface area contributed by atoms with Gasteiger partial charge in [-0.15, -0.1) is 0 Å². The second kappa shape index (κ2) is 9.88. The Kier molecular flexibility index (Phi) is 6.90. The molecule has 0 N–H and O–H groups in total. The predicted octanol–water partition coefficient (Wildman–Crippen LogP) is 6.60. The maximum atomic E-state index is 13.1. The van der Waals surface area contributed by atoms with Gasteiger partial charge < -0.3 is 4.74 Å². The van der Waals surface area contributed by atoms with Crippen LogP contribution < -0.4 is 9.64 Å². The third-order valence-corrected chi connectivity index (χ3v) is 6.27. The molecule has 0 aliphatic carbocycles. The first-order valence-corrected chi connectivity index (χ1v) is 11.3. The molecule has 0 aromatic heterocycles. The number of thiocarbonyl (C=S) groups is 1. The molecule has 1 amide bonds. The Hall–Kier alpha value is -3.70. The fraction of sp³-hybridized carbons (Fsp3) is 0.0833. The summed E-state index contributed by atoms with van der Waals surface area (Å²) in [6, 6.07) is 17.3. The molecule has 1 heterocycles. The molecule has 1 saturated heterocycles. The number of para-hydroxylation sites is 1. The van der Waals surface area contributed by atoms with Crippen molar-refractivity contribution in [3.63, 3.8) is 0 Å². The summed E-state index contributed by atoms with van der Waals surface area (Å²) in [4.78, 5) is 24.6. The Morgan fingerprint density at radius 2 is 1.77 bits per heavy atom. The Morgan fingerprint density at radius 3 is 2.46 bits per heavy atom. The number of ether oxygens (including phenoxy) is 1. The molecule has 0 spiro atoms. The first-order valence-electron chi connectivity index (χ1n) is 10.0. The van der Waals surface area contributed by atoms with E-state index < -0.39 is 22.6 Å². The zero-order valence-corrected chi connectivity index (χ0v) is 19.3. The van der Waals surface area contributed by atoms with E-state index >= 15 is 0 Å². The summed E-state index contributed by atoms with van der Waals surface area (Å²) in [5.41, 5.74) is 0.406. The highest BCUT2D eigenvalue weighted by atomic mass is 32.2. The maximum Gasteiger partial charge on any atom is 0.416 e. The van der Waals surface area contributed by atoms with Crippen molar-refractivity contribution in [1.29, 1.82) is 0 Å². The van der Waals surface area contributed by atoms with Crippen LogP contribution in [0.5, 0.6) is 5.75 Å². The number of halogens is 3. The van der Waals surface area contributed by atoms with Crippen LogP contribution in [0.3, 0.4) is 0 Å². The van der Waals surface area contributed by atoms with Crippen molar-refractivity contribution in [3.8, 4) is 5.75 Å². The Balaban J connectivity index is 1.55. The van der Waals surface area contributed by atoms with Gasteiger partial charge in [0.2, 0.25) is 0 Å². The Bertz CT molecular complexity index is 1340. The molecule has 1 aliphatic rings. The number of thioether (sulfide) groups is 1. The fourth-order valence-electron chi connectivity index (χ4n) is 3.26. The molecule has 0 radical (unpaired) electrons. The van der Waals surface area contributed by atoms with Gasteiger partial charge in [-0.25, -0.2) is 0 Å². The zero-order valence-electron chi connectivity index (χ0n) is 17.7. The zero-order chi connectivity index (χ0) is 25.2. The number of carbonyl (C=O) groups excluding carboxylic acids is 1. The van der Waals surface area contributed by atoms with Crippen LogP contribution >= 0.6 is 24.0 Å². The van der Waals surface area contributed by atoms with Crippen LogP contribution in [0.1, 0.15) is 16.7 Å². The lowest BCUT2D eigenvalue weighted by molar-refractivity contribution is -0.384. The minimum Gasteiger partial charge on any atom is -0.488 e. The SMILES string of the molecule is O=C1C(=Cc2ccccc2OCc2ccc([N+](=O)[O-])cc2)SC(=S)N1c1cccc(C(F)(F)F)c1. The second-order valence-electron chi connectivity index (χ2n) is 7.32. The van der Waals surface area contributed by atoms with Crippen molar-refractivity contribution in [2.24, 2.45) is 0 Å². The summed E-state index contributed by atoms with van der Waals surface area (Å²) in [6.07, 6.45) is -2.98. The topological polar surface area (TPSA) is 72.7 Å². The van der Waals surface area contributed by atoms with Crippen molar-refractivity contribution in [2.75, 3.05) is 4.90 Å². The maximum absolute atomic E-state index is 13.1. The molecule has 6 nitrogen and oxygen atoms in total. The van der Waals surface area contributed by atoms with Gasteiger partial charge in [-0.1, -0.05) is 48.2 Å². The van der Waals surface area contributed by atoms with Crippen molar-refractivity contribution in [1.82, 2.24) is 0 Å². The van der Waals surface area contributed by atoms with Crippen molar-refractivity contribution in [3.05, 3.63) is 105 Å². The molecule has 0 saturated carbocycles. The van der Waals surface area contributed by atoms with Gasteiger partial charge in [0.15, 0.2) is 4.32 Å². The lowest BCUT2D eigenvalue weighted by atomic mass is 10.1. The van der Waals surface area contributed by atoms with Crippen LogP contribution in [-0.2, 0) is 17.6 Å². The van der Waals surface area contributed by atoms with Gasteiger partial charge in [0, 0.05) is 17.7 Å². The van der Waals surface area contributed by atoms with Gasteiger partial charge in [0.05, 0.1) is 21.1 Å². The minimum atomic E-state index is -4.55. The molecule has 0 atom stereocenters. The van der Waals surface area contributed by atoms with Crippen molar-refractivity contribution >= 4 is 51.7 Å². The van der Waals surface area contributed by atoms with E-state index in [0.29, 0.717) is 16.9 Å². The number of nitrogens with zero attached hydrogens (tertiary/aromatic N) is 2. The molecule has 0 bridgehead atoms. The van der Waals surface area contributed by atoms with Crippen LogP contribution in [0.15, 0.2) is 77.7 Å². The highest BCUT2D eigenvalue weighted by Gasteiger charge is 2.36. The Labute approximate surface area is 207 Å². The molecule has 178 valence electrons. The molecule has 3 aromatic carbocycles. The summed E-state index contributed by atoms with van der Waals surface area (Å²) in [7, 11) is 0. The monoisotopic (exact) mass is 516 g/mol. The lowest BCUT2D eigenvalue weighted by Gasteiger charge is -2.16. The average Bonchev–Trinajstić information content (AvgIpc) is 3.10. The number of amides is 1. The number of non-ortho nitro benzene ring substituents is 1. The third kappa shape index (κ3) is 5.52. The third-order valence-electron chi connectivity index (χ3n) is 4.97. The molecule has 4 rings (SSSR count). The van der Waals surface area contributed by atoms with E-state index in [1.165, 1.54) is 24.3 Å². The average molecular weight is 517 g/mol. The van der Waals surface area contributed by atoms with Crippen LogP contribution in [0.25, 0.3) is 6.08 Å². The van der Waals surface area contributed by atoms with Crippen molar-refractivity contribution < 1.29 is 27.6 Å². The van der Waals surface area contributed by atoms with Crippen molar-refractivity contribution in [2.45, 2.75) is 12.8 Å². The highest BCUT2D eigenvalue weighted by Crippen LogP contribution is 2.39. The number of nitro groups is 1. The van der Waals surface area contributed by atoms with E-state index in [2.05, 4.69) is 0 Å². The van der Waals surface area contributed by atoms with Crippen LogP contribution in [-0.4, -0.2) is 15.2 Å². The van der Waals surface area contributed by atoms with E-state index in [4.69, 9.17) is 17.0 Å². The van der Waals surface area contributed by atoms with Gasteiger partial charge in [-0.3, -0.25) is 19.8 Å². The molecule has 1 fully saturated rings. The van der Waals surface area contributed by atoms with Gasteiger partial charge in [-0.05, 0) is 48.0 Å². The smallest absolute Gasteiger partial charge is 0.416 e. The summed E-state index contributed by atoms with van der Waals surface area (Å²) < 4.78 is 45.3. The van der Waals surface area contributed by atoms with E-state index in [9.17, 15) is 28.1 Å². The predicted molar refractivity (Wildman–Crippen MR) is 131 cm³/mol. The largest absolute Gasteiger partial charge is 0.488 e. The lowest BCUT2D eigenvalue weighted by Crippen LogP contribution is -2.27. The number of anilines is 1. The molecule has 11 heteroatoms. The van der Waals surface area contributed by atoms with Crippen LogP contribution in [0.4, 0.5) is 24.5 Å². The quantitative estimate of drug-likeness (QED) is 0.159. The van der Waals surface area contributed by atoms with Gasteiger partial charge >= 0.3 is 6.18 Å². The van der Waals surface area contributed by atoms with Gasteiger partial charge in [0.25, 0.3) is 11.6 Å². The molecular weight excluding hydrogens is 501 g/mol. The van der Waals surface area contributed by atoms with Gasteiger partial charge in [0.1, 0.15) is 12.4 Å². The standard InChI is InChI=1S/C24H15F3N2O4S2/c25-24(26,27)17-5-3-6-19(13-17)28-22(30)21(35-23(28)34)12-16-4-1-2-7-20(16)33-14-15-8-10-18(11-9-15)29(31)32/h1-13H,14H2. The first-order chi connectivity index (χ1) is 16.6. The minimum absolute atomic E-state index is 0.0306.